The first-order chi connectivity index (χ1) is 14.5. The van der Waals surface area contributed by atoms with Gasteiger partial charge in [-0.2, -0.15) is 0 Å². The molecule has 2 aromatic carbocycles. The molecule has 0 bridgehead atoms. The summed E-state index contributed by atoms with van der Waals surface area (Å²) in [4.78, 5) is 25.1. The minimum absolute atomic E-state index is 0.238. The van der Waals surface area contributed by atoms with Crippen LogP contribution in [0, 0.1) is 5.92 Å². The number of esters is 2. The molecule has 2 rings (SSSR count). The molecule has 0 aliphatic carbocycles. The molecule has 0 unspecified atom stereocenters. The Kier molecular flexibility index (Phi) is 10.1. The fourth-order valence-corrected chi connectivity index (χ4v) is 3.31. The lowest BCUT2D eigenvalue weighted by molar-refractivity contribution is -0.148. The molecule has 2 atom stereocenters. The zero-order valence-corrected chi connectivity index (χ0v) is 18.2. The van der Waals surface area contributed by atoms with E-state index in [9.17, 15) is 9.59 Å². The molecule has 0 spiro atoms. The number of nitrogens with one attached hydrogen (secondary N) is 1. The Hall–Kier alpha value is -2.66. The summed E-state index contributed by atoms with van der Waals surface area (Å²) >= 11 is 0. The van der Waals surface area contributed by atoms with Crippen molar-refractivity contribution in [3.8, 4) is 0 Å². The number of carbonyl (C=O) groups excluding carboxylic acids is 2. The molecule has 2 aromatic rings. The second-order valence-electron chi connectivity index (χ2n) is 7.73. The predicted octanol–water partition coefficient (Wildman–Crippen LogP) is 4.47. The van der Waals surface area contributed by atoms with E-state index < -0.39 is 6.04 Å². The van der Waals surface area contributed by atoms with E-state index in [-0.39, 0.29) is 24.5 Å². The van der Waals surface area contributed by atoms with E-state index in [1.54, 1.807) is 6.92 Å². The van der Waals surface area contributed by atoms with Gasteiger partial charge in [0.25, 0.3) is 0 Å². The molecule has 0 fully saturated rings. The monoisotopic (exact) mass is 411 g/mol. The fraction of sp³-hybridized carbons (Fsp3) is 0.440. The Balaban J connectivity index is 1.95. The first-order valence-corrected chi connectivity index (χ1v) is 10.7. The van der Waals surface area contributed by atoms with Crippen LogP contribution in [-0.2, 0) is 25.7 Å². The highest BCUT2D eigenvalue weighted by Crippen LogP contribution is 2.21. The van der Waals surface area contributed by atoms with Gasteiger partial charge in [0.2, 0.25) is 0 Å². The first-order valence-electron chi connectivity index (χ1n) is 10.7. The van der Waals surface area contributed by atoms with Gasteiger partial charge in [-0.25, -0.2) is 0 Å². The van der Waals surface area contributed by atoms with Crippen molar-refractivity contribution in [2.24, 2.45) is 5.92 Å². The van der Waals surface area contributed by atoms with Crippen LogP contribution in [0.2, 0.25) is 0 Å². The molecule has 0 aliphatic rings. The summed E-state index contributed by atoms with van der Waals surface area (Å²) in [6.07, 6.45) is 1.21. The van der Waals surface area contributed by atoms with E-state index in [4.69, 9.17) is 9.47 Å². The summed E-state index contributed by atoms with van der Waals surface area (Å²) in [5.74, 6) is -0.530. The minimum Gasteiger partial charge on any atom is -0.466 e. The Morgan fingerprint density at radius 1 is 0.900 bits per heavy atom. The molecule has 1 N–H and O–H groups in total. The van der Waals surface area contributed by atoms with Gasteiger partial charge in [-0.05, 0) is 43.4 Å². The molecule has 0 aliphatic heterocycles. The van der Waals surface area contributed by atoms with Gasteiger partial charge < -0.3 is 14.8 Å². The maximum atomic E-state index is 12.7. The highest BCUT2D eigenvalue weighted by molar-refractivity contribution is 5.78. The molecule has 30 heavy (non-hydrogen) atoms. The smallest absolute Gasteiger partial charge is 0.323 e. The zero-order valence-electron chi connectivity index (χ0n) is 18.2. The third-order valence-electron chi connectivity index (χ3n) is 4.81. The summed E-state index contributed by atoms with van der Waals surface area (Å²) in [6, 6.07) is 18.8. The number of benzene rings is 2. The van der Waals surface area contributed by atoms with Crippen LogP contribution in [0.5, 0.6) is 0 Å². The summed E-state index contributed by atoms with van der Waals surface area (Å²) in [7, 11) is 0. The highest BCUT2D eigenvalue weighted by atomic mass is 16.5. The van der Waals surface area contributed by atoms with Gasteiger partial charge in [-0.1, -0.05) is 74.5 Å². The summed E-state index contributed by atoms with van der Waals surface area (Å²) in [5.41, 5.74) is 1.88. The van der Waals surface area contributed by atoms with Crippen molar-refractivity contribution in [2.75, 3.05) is 13.2 Å². The predicted molar refractivity (Wildman–Crippen MR) is 118 cm³/mol. The van der Waals surface area contributed by atoms with Crippen molar-refractivity contribution in [3.63, 3.8) is 0 Å². The molecule has 5 nitrogen and oxygen atoms in total. The maximum absolute atomic E-state index is 12.7. The summed E-state index contributed by atoms with van der Waals surface area (Å²) < 4.78 is 10.8. The fourth-order valence-electron chi connectivity index (χ4n) is 3.31. The van der Waals surface area contributed by atoms with Crippen molar-refractivity contribution >= 4 is 11.9 Å². The normalized spacial score (nSPS) is 12.9. The molecule has 5 heteroatoms. The van der Waals surface area contributed by atoms with E-state index in [2.05, 4.69) is 19.2 Å². The number of hydrogen-bond donors (Lipinski definition) is 1. The highest BCUT2D eigenvalue weighted by Gasteiger charge is 2.24. The Bertz CT molecular complexity index is 761. The maximum Gasteiger partial charge on any atom is 0.323 e. The summed E-state index contributed by atoms with van der Waals surface area (Å²) in [5, 5.41) is 3.30. The van der Waals surface area contributed by atoms with Crippen LogP contribution >= 0.6 is 0 Å². The van der Waals surface area contributed by atoms with Gasteiger partial charge in [0.15, 0.2) is 0 Å². The van der Waals surface area contributed by atoms with Gasteiger partial charge in [0, 0.05) is 0 Å². The van der Waals surface area contributed by atoms with Gasteiger partial charge in [0.05, 0.1) is 12.5 Å². The van der Waals surface area contributed by atoms with E-state index in [1.165, 1.54) is 0 Å². The Labute approximate surface area is 179 Å². The minimum atomic E-state index is -0.410. The van der Waals surface area contributed by atoms with E-state index in [0.717, 1.165) is 11.1 Å². The Morgan fingerprint density at radius 2 is 1.53 bits per heavy atom. The van der Waals surface area contributed by atoms with Crippen molar-refractivity contribution < 1.29 is 19.1 Å². The zero-order chi connectivity index (χ0) is 21.8. The van der Waals surface area contributed by atoms with Gasteiger partial charge >= 0.3 is 11.9 Å². The average molecular weight is 412 g/mol. The van der Waals surface area contributed by atoms with Crippen molar-refractivity contribution in [1.29, 1.82) is 0 Å². The third kappa shape index (κ3) is 7.99. The van der Waals surface area contributed by atoms with E-state index in [1.807, 2.05) is 60.7 Å². The van der Waals surface area contributed by atoms with Crippen molar-refractivity contribution in [2.45, 2.75) is 52.2 Å². The molecule has 0 radical (unpaired) electrons. The first kappa shape index (κ1) is 23.6. The lowest BCUT2D eigenvalue weighted by Gasteiger charge is -2.21. The molecule has 0 heterocycles. The second kappa shape index (κ2) is 12.8. The molecular weight excluding hydrogens is 378 g/mol. The quantitative estimate of drug-likeness (QED) is 0.522. The molecule has 0 amide bonds. The molecule has 0 saturated heterocycles. The number of ether oxygens (including phenoxy) is 2. The van der Waals surface area contributed by atoms with Crippen LogP contribution in [-0.4, -0.2) is 31.1 Å². The van der Waals surface area contributed by atoms with Gasteiger partial charge in [-0.15, -0.1) is 0 Å². The van der Waals surface area contributed by atoms with Gasteiger partial charge in [0.1, 0.15) is 12.6 Å². The third-order valence-corrected chi connectivity index (χ3v) is 4.81. The van der Waals surface area contributed by atoms with Crippen LogP contribution in [0.3, 0.4) is 0 Å². The van der Waals surface area contributed by atoms with E-state index >= 15 is 0 Å². The van der Waals surface area contributed by atoms with Crippen LogP contribution in [0.1, 0.15) is 50.7 Å². The molecule has 0 saturated carbocycles. The number of hydrogen-bond acceptors (Lipinski definition) is 5. The standard InChI is InChI=1S/C25H33NO4/c1-4-29-24(27)22(21-13-9-6-10-14-21)15-16-26-23(17-19(2)3)25(28)30-18-20-11-7-5-8-12-20/h5-14,19,22-23,26H,4,15-18H2,1-3H3/t22-,23-/m0/s1. The SMILES string of the molecule is CCOC(=O)[C@@H](CCN[C@@H](CC(C)C)C(=O)OCc1ccccc1)c1ccccc1. The van der Waals surface area contributed by atoms with Crippen molar-refractivity contribution in [3.05, 3.63) is 71.8 Å². The van der Waals surface area contributed by atoms with Crippen LogP contribution in [0.25, 0.3) is 0 Å². The second-order valence-corrected chi connectivity index (χ2v) is 7.73. The lowest BCUT2D eigenvalue weighted by atomic mass is 9.95. The summed E-state index contributed by atoms with van der Waals surface area (Å²) in [6.45, 7) is 7.06. The van der Waals surface area contributed by atoms with Crippen molar-refractivity contribution in [1.82, 2.24) is 5.32 Å². The number of carbonyl (C=O) groups is 2. The molecular formula is C25H33NO4. The Morgan fingerprint density at radius 3 is 2.13 bits per heavy atom. The number of rotatable bonds is 12. The van der Waals surface area contributed by atoms with E-state index in [0.29, 0.717) is 31.9 Å². The van der Waals surface area contributed by atoms with Gasteiger partial charge in [-0.3, -0.25) is 9.59 Å². The molecule has 0 aromatic heterocycles. The topological polar surface area (TPSA) is 64.6 Å². The van der Waals surface area contributed by atoms with Crippen LogP contribution in [0.15, 0.2) is 60.7 Å². The largest absolute Gasteiger partial charge is 0.466 e. The van der Waals surface area contributed by atoms with Crippen LogP contribution in [0.4, 0.5) is 0 Å². The lowest BCUT2D eigenvalue weighted by Crippen LogP contribution is -2.40. The van der Waals surface area contributed by atoms with Crippen LogP contribution < -0.4 is 5.32 Å². The molecule has 162 valence electrons. The average Bonchev–Trinajstić information content (AvgIpc) is 2.75.